The summed E-state index contributed by atoms with van der Waals surface area (Å²) in [5, 5.41) is 10.7. The SMILES string of the molecule is COc1cc(F)c(-c2c(Cl)cc(C(F)(F)F)n3ccnc23)cc1[N+](=O)[O-]. The number of benzene rings is 1. The van der Waals surface area contributed by atoms with Gasteiger partial charge in [0.05, 0.1) is 17.1 Å². The fraction of sp³-hybridized carbons (Fsp3) is 0.133. The number of hydrogen-bond acceptors (Lipinski definition) is 4. The van der Waals surface area contributed by atoms with Gasteiger partial charge in [-0.15, -0.1) is 0 Å². The number of fused-ring (bicyclic) bond motifs is 1. The Morgan fingerprint density at radius 3 is 2.58 bits per heavy atom. The normalized spacial score (nSPS) is 11.8. The van der Waals surface area contributed by atoms with Crippen LogP contribution in [-0.2, 0) is 6.18 Å². The van der Waals surface area contributed by atoms with E-state index in [1.165, 1.54) is 0 Å². The number of nitrogens with zero attached hydrogens (tertiary/aromatic N) is 3. The van der Waals surface area contributed by atoms with Crippen LogP contribution in [0, 0.1) is 15.9 Å². The van der Waals surface area contributed by atoms with E-state index in [0.717, 1.165) is 31.6 Å². The predicted octanol–water partition coefficient (Wildman–Crippen LogP) is 4.73. The second-order valence-electron chi connectivity index (χ2n) is 5.13. The lowest BCUT2D eigenvalue weighted by molar-refractivity contribution is -0.385. The predicted molar refractivity (Wildman–Crippen MR) is 83.8 cm³/mol. The molecule has 1 aromatic carbocycles. The molecule has 0 aliphatic rings. The molecule has 3 aromatic rings. The summed E-state index contributed by atoms with van der Waals surface area (Å²) in [6.45, 7) is 0. The second-order valence-corrected chi connectivity index (χ2v) is 5.54. The first kappa shape index (κ1) is 17.9. The molecule has 136 valence electrons. The number of pyridine rings is 1. The van der Waals surface area contributed by atoms with E-state index in [4.69, 9.17) is 16.3 Å². The minimum Gasteiger partial charge on any atom is -0.490 e. The first-order chi connectivity index (χ1) is 12.1. The van der Waals surface area contributed by atoms with Crippen LogP contribution < -0.4 is 4.74 Å². The van der Waals surface area contributed by atoms with Gasteiger partial charge in [0.15, 0.2) is 5.75 Å². The summed E-state index contributed by atoms with van der Waals surface area (Å²) in [5.74, 6) is -1.29. The third kappa shape index (κ3) is 2.81. The lowest BCUT2D eigenvalue weighted by Crippen LogP contribution is -2.12. The Morgan fingerprint density at radius 1 is 1.31 bits per heavy atom. The third-order valence-electron chi connectivity index (χ3n) is 3.65. The van der Waals surface area contributed by atoms with E-state index in [2.05, 4.69) is 4.98 Å². The molecular weight excluding hydrogens is 382 g/mol. The highest BCUT2D eigenvalue weighted by Gasteiger charge is 2.35. The Labute approximate surface area is 147 Å². The van der Waals surface area contributed by atoms with Crippen molar-refractivity contribution in [2.24, 2.45) is 0 Å². The van der Waals surface area contributed by atoms with Crippen molar-refractivity contribution in [3.05, 3.63) is 57.2 Å². The second kappa shape index (κ2) is 6.13. The van der Waals surface area contributed by atoms with Crippen LogP contribution in [0.4, 0.5) is 23.2 Å². The summed E-state index contributed by atoms with van der Waals surface area (Å²) in [6, 6.07) is 2.22. The van der Waals surface area contributed by atoms with Crippen molar-refractivity contribution in [1.82, 2.24) is 9.38 Å². The molecular formula is C15H8ClF4N3O3. The van der Waals surface area contributed by atoms with Crippen molar-refractivity contribution >= 4 is 22.9 Å². The highest BCUT2D eigenvalue weighted by Crippen LogP contribution is 2.41. The minimum absolute atomic E-state index is 0.201. The van der Waals surface area contributed by atoms with Crippen LogP contribution in [0.2, 0.25) is 5.02 Å². The Hall–Kier alpha value is -2.88. The van der Waals surface area contributed by atoms with Gasteiger partial charge in [0.25, 0.3) is 0 Å². The Kier molecular flexibility index (Phi) is 4.23. The number of nitro benzene ring substituents is 1. The third-order valence-corrected chi connectivity index (χ3v) is 3.95. The maximum absolute atomic E-state index is 14.5. The van der Waals surface area contributed by atoms with Crippen LogP contribution in [0.15, 0.2) is 30.6 Å². The lowest BCUT2D eigenvalue weighted by Gasteiger charge is -2.15. The van der Waals surface area contributed by atoms with Crippen molar-refractivity contribution in [2.45, 2.75) is 6.18 Å². The number of rotatable bonds is 3. The standard InChI is InChI=1S/C15H8ClF4N3O3/c1-26-11-6-9(17)7(4-10(11)23(24)25)13-8(16)5-12(15(18,19)20)22-3-2-21-14(13)22/h2-6H,1H3. The molecule has 6 nitrogen and oxygen atoms in total. The van der Waals surface area contributed by atoms with Crippen LogP contribution in [0.3, 0.4) is 0 Å². The molecule has 2 aromatic heterocycles. The fourth-order valence-corrected chi connectivity index (χ4v) is 2.85. The molecule has 0 saturated carbocycles. The van der Waals surface area contributed by atoms with Gasteiger partial charge in [0.1, 0.15) is 17.2 Å². The van der Waals surface area contributed by atoms with E-state index >= 15 is 0 Å². The largest absolute Gasteiger partial charge is 0.490 e. The molecule has 0 bridgehead atoms. The number of methoxy groups -OCH3 is 1. The van der Waals surface area contributed by atoms with Crippen LogP contribution in [0.25, 0.3) is 16.8 Å². The molecule has 0 spiro atoms. The topological polar surface area (TPSA) is 69.7 Å². The molecule has 0 unspecified atom stereocenters. The Balaban J connectivity index is 2.37. The molecule has 26 heavy (non-hydrogen) atoms. The number of halogens is 5. The summed E-state index contributed by atoms with van der Waals surface area (Å²) in [5.41, 5.74) is -2.53. The molecule has 2 heterocycles. The lowest BCUT2D eigenvalue weighted by atomic mass is 10.0. The van der Waals surface area contributed by atoms with Gasteiger partial charge < -0.3 is 4.74 Å². The van der Waals surface area contributed by atoms with E-state index in [0.29, 0.717) is 10.5 Å². The van der Waals surface area contributed by atoms with Crippen molar-refractivity contribution in [1.29, 1.82) is 0 Å². The van der Waals surface area contributed by atoms with Gasteiger partial charge in [-0.2, -0.15) is 13.2 Å². The number of aromatic nitrogens is 2. The molecule has 0 saturated heterocycles. The van der Waals surface area contributed by atoms with Crippen LogP contribution in [0.5, 0.6) is 5.75 Å². The summed E-state index contributed by atoms with van der Waals surface area (Å²) in [6.07, 6.45) is -2.61. The van der Waals surface area contributed by atoms with E-state index in [9.17, 15) is 27.7 Å². The average Bonchev–Trinajstić information content (AvgIpc) is 3.02. The fourth-order valence-electron chi connectivity index (χ4n) is 2.56. The van der Waals surface area contributed by atoms with E-state index in [-0.39, 0.29) is 22.5 Å². The molecule has 3 rings (SSSR count). The first-order valence-electron chi connectivity index (χ1n) is 6.90. The minimum atomic E-state index is -4.73. The summed E-state index contributed by atoms with van der Waals surface area (Å²) in [4.78, 5) is 14.2. The van der Waals surface area contributed by atoms with Gasteiger partial charge in [0, 0.05) is 35.7 Å². The molecule has 0 fully saturated rings. The zero-order valence-corrected chi connectivity index (χ0v) is 13.6. The quantitative estimate of drug-likeness (QED) is 0.369. The molecule has 0 N–H and O–H groups in total. The Bertz CT molecular complexity index is 1030. The van der Waals surface area contributed by atoms with Crippen LogP contribution in [-0.4, -0.2) is 21.4 Å². The number of imidazole rings is 1. The highest BCUT2D eigenvalue weighted by molar-refractivity contribution is 6.34. The average molecular weight is 390 g/mol. The number of hydrogen-bond donors (Lipinski definition) is 0. The smallest absolute Gasteiger partial charge is 0.431 e. The van der Waals surface area contributed by atoms with Crippen LogP contribution >= 0.6 is 11.6 Å². The van der Waals surface area contributed by atoms with E-state index in [1.807, 2.05) is 0 Å². The zero-order chi connectivity index (χ0) is 19.2. The molecule has 0 atom stereocenters. The van der Waals surface area contributed by atoms with Gasteiger partial charge in [-0.1, -0.05) is 11.6 Å². The van der Waals surface area contributed by atoms with Crippen molar-refractivity contribution in [3.63, 3.8) is 0 Å². The van der Waals surface area contributed by atoms with Crippen molar-refractivity contribution in [2.75, 3.05) is 7.11 Å². The first-order valence-corrected chi connectivity index (χ1v) is 7.28. The summed E-state index contributed by atoms with van der Waals surface area (Å²) in [7, 11) is 1.12. The van der Waals surface area contributed by atoms with E-state index < -0.39 is 33.3 Å². The van der Waals surface area contributed by atoms with Gasteiger partial charge in [-0.3, -0.25) is 14.5 Å². The molecule has 0 radical (unpaired) electrons. The van der Waals surface area contributed by atoms with Crippen molar-refractivity contribution < 1.29 is 27.2 Å². The monoisotopic (exact) mass is 389 g/mol. The molecule has 0 amide bonds. The molecule has 0 aliphatic carbocycles. The van der Waals surface area contributed by atoms with Crippen molar-refractivity contribution in [3.8, 4) is 16.9 Å². The van der Waals surface area contributed by atoms with Gasteiger partial charge in [0.2, 0.25) is 0 Å². The highest BCUT2D eigenvalue weighted by atomic mass is 35.5. The molecule has 11 heteroatoms. The van der Waals surface area contributed by atoms with Crippen LogP contribution in [0.1, 0.15) is 5.69 Å². The zero-order valence-electron chi connectivity index (χ0n) is 12.8. The summed E-state index contributed by atoms with van der Waals surface area (Å²) >= 11 is 5.96. The Morgan fingerprint density at radius 2 is 2.00 bits per heavy atom. The molecule has 0 aliphatic heterocycles. The van der Waals surface area contributed by atoms with Gasteiger partial charge in [-0.05, 0) is 6.07 Å². The maximum Gasteiger partial charge on any atom is 0.431 e. The maximum atomic E-state index is 14.5. The number of alkyl halides is 3. The number of ether oxygens (including phenoxy) is 1. The van der Waals surface area contributed by atoms with Gasteiger partial charge >= 0.3 is 11.9 Å². The van der Waals surface area contributed by atoms with Gasteiger partial charge in [-0.25, -0.2) is 9.37 Å². The summed E-state index contributed by atoms with van der Waals surface area (Å²) < 4.78 is 59.5. The van der Waals surface area contributed by atoms with E-state index in [1.54, 1.807) is 0 Å². The number of nitro groups is 1.